The summed E-state index contributed by atoms with van der Waals surface area (Å²) in [4.78, 5) is 23.3. The summed E-state index contributed by atoms with van der Waals surface area (Å²) in [7, 11) is 0. The number of hydrogen-bond acceptors (Lipinski definition) is 2. The number of hydrogen-bond donors (Lipinski definition) is 2. The Balaban J connectivity index is 2.00. The van der Waals surface area contributed by atoms with Gasteiger partial charge in [0.05, 0.1) is 0 Å². The average molecular weight is 381 g/mol. The quantitative estimate of drug-likeness (QED) is 0.772. The molecule has 0 spiro atoms. The predicted molar refractivity (Wildman–Crippen MR) is 93.3 cm³/mol. The van der Waals surface area contributed by atoms with Gasteiger partial charge in [0.2, 0.25) is 5.91 Å². The van der Waals surface area contributed by atoms with Gasteiger partial charge in [0.1, 0.15) is 6.04 Å². The molecule has 23 heavy (non-hydrogen) atoms. The number of carboxylic acid groups (broad SMARTS) is 1. The number of carbonyl (C=O) groups is 2. The van der Waals surface area contributed by atoms with E-state index < -0.39 is 12.0 Å². The first-order valence-corrected chi connectivity index (χ1v) is 8.48. The van der Waals surface area contributed by atoms with Crippen LogP contribution < -0.4 is 5.32 Å². The molecule has 5 nitrogen and oxygen atoms in total. The largest absolute Gasteiger partial charge is 0.480 e. The van der Waals surface area contributed by atoms with Gasteiger partial charge < -0.3 is 15.0 Å². The van der Waals surface area contributed by atoms with Gasteiger partial charge in [-0.3, -0.25) is 4.79 Å². The molecule has 0 aliphatic heterocycles. The molecule has 0 aliphatic carbocycles. The van der Waals surface area contributed by atoms with Crippen LogP contribution in [0.25, 0.3) is 10.9 Å². The second kappa shape index (κ2) is 7.64. The first kappa shape index (κ1) is 17.5. The lowest BCUT2D eigenvalue weighted by molar-refractivity contribution is -0.143. The maximum absolute atomic E-state index is 12.1. The molecule has 2 atom stereocenters. The third-order valence-corrected chi connectivity index (χ3v) is 4.83. The molecule has 124 valence electrons. The number of rotatable bonds is 7. The molecule has 2 rings (SSSR count). The van der Waals surface area contributed by atoms with Crippen molar-refractivity contribution < 1.29 is 14.7 Å². The van der Waals surface area contributed by atoms with E-state index in [1.165, 1.54) is 0 Å². The third-order valence-electron chi connectivity index (χ3n) is 4.14. The maximum Gasteiger partial charge on any atom is 0.326 e. The van der Waals surface area contributed by atoms with Crippen LogP contribution >= 0.6 is 15.9 Å². The molecule has 0 saturated heterocycles. The van der Waals surface area contributed by atoms with E-state index in [0.29, 0.717) is 13.0 Å². The fraction of sp³-hybridized carbons (Fsp3) is 0.412. The predicted octanol–water partition coefficient (Wildman–Crippen LogP) is 3.41. The number of halogens is 1. The Hall–Kier alpha value is -1.82. The van der Waals surface area contributed by atoms with Gasteiger partial charge in [-0.25, -0.2) is 4.79 Å². The Morgan fingerprint density at radius 2 is 2.09 bits per heavy atom. The van der Waals surface area contributed by atoms with Crippen molar-refractivity contribution in [1.82, 2.24) is 9.88 Å². The van der Waals surface area contributed by atoms with E-state index in [-0.39, 0.29) is 18.2 Å². The molecular weight excluding hydrogens is 360 g/mol. The number of fused-ring (bicyclic) bond motifs is 1. The van der Waals surface area contributed by atoms with E-state index >= 15 is 0 Å². The number of amides is 1. The Morgan fingerprint density at radius 3 is 2.74 bits per heavy atom. The number of benzene rings is 1. The lowest BCUT2D eigenvalue weighted by Crippen LogP contribution is -2.45. The zero-order valence-electron chi connectivity index (χ0n) is 13.3. The first-order valence-electron chi connectivity index (χ1n) is 7.69. The number of aromatic nitrogens is 1. The fourth-order valence-corrected chi connectivity index (χ4v) is 3.02. The molecule has 0 aliphatic rings. The highest BCUT2D eigenvalue weighted by Gasteiger charge is 2.25. The summed E-state index contributed by atoms with van der Waals surface area (Å²) in [6.45, 7) is 4.26. The van der Waals surface area contributed by atoms with Gasteiger partial charge in [-0.1, -0.05) is 42.3 Å². The first-order chi connectivity index (χ1) is 10.9. The minimum atomic E-state index is -0.983. The van der Waals surface area contributed by atoms with Crippen LogP contribution in [0, 0.1) is 5.92 Å². The summed E-state index contributed by atoms with van der Waals surface area (Å²) < 4.78 is 3.01. The van der Waals surface area contributed by atoms with Gasteiger partial charge in [-0.15, -0.1) is 0 Å². The van der Waals surface area contributed by atoms with Crippen LogP contribution in [-0.2, 0) is 16.1 Å². The van der Waals surface area contributed by atoms with Gasteiger partial charge in [-0.05, 0) is 24.1 Å². The van der Waals surface area contributed by atoms with Crippen LogP contribution in [0.1, 0.15) is 26.7 Å². The second-order valence-corrected chi connectivity index (χ2v) is 6.56. The number of aryl methyl sites for hydroxylation is 1. The Morgan fingerprint density at radius 1 is 1.35 bits per heavy atom. The van der Waals surface area contributed by atoms with E-state index in [0.717, 1.165) is 15.4 Å². The highest BCUT2D eigenvalue weighted by atomic mass is 79.9. The molecule has 1 aromatic heterocycles. The van der Waals surface area contributed by atoms with Gasteiger partial charge in [0.25, 0.3) is 0 Å². The number of nitrogens with one attached hydrogen (secondary N) is 1. The lowest BCUT2D eigenvalue weighted by Gasteiger charge is -2.20. The van der Waals surface area contributed by atoms with E-state index in [4.69, 9.17) is 0 Å². The molecule has 0 saturated carbocycles. The summed E-state index contributed by atoms with van der Waals surface area (Å²) in [5.41, 5.74) is 1.05. The zero-order valence-corrected chi connectivity index (χ0v) is 14.8. The van der Waals surface area contributed by atoms with Crippen molar-refractivity contribution >= 4 is 38.7 Å². The SMILES string of the molecule is CC[C@@H](C)[C@H](NC(=O)CCn1ccc2c(Br)cccc21)C(=O)O. The monoisotopic (exact) mass is 380 g/mol. The molecule has 0 radical (unpaired) electrons. The van der Waals surface area contributed by atoms with Gasteiger partial charge >= 0.3 is 5.97 Å². The molecule has 1 aromatic carbocycles. The normalized spacial score (nSPS) is 13.7. The van der Waals surface area contributed by atoms with Crippen molar-refractivity contribution in [1.29, 1.82) is 0 Å². The maximum atomic E-state index is 12.1. The van der Waals surface area contributed by atoms with E-state index in [2.05, 4.69) is 21.2 Å². The molecule has 0 fully saturated rings. The molecule has 0 bridgehead atoms. The smallest absolute Gasteiger partial charge is 0.326 e. The van der Waals surface area contributed by atoms with Crippen molar-refractivity contribution in [3.8, 4) is 0 Å². The minimum absolute atomic E-state index is 0.0974. The van der Waals surface area contributed by atoms with Crippen LogP contribution in [0.15, 0.2) is 34.9 Å². The van der Waals surface area contributed by atoms with E-state index in [1.807, 2.05) is 48.9 Å². The van der Waals surface area contributed by atoms with Crippen LogP contribution in [0.3, 0.4) is 0 Å². The Kier molecular flexibility index (Phi) is 5.82. The zero-order chi connectivity index (χ0) is 17.0. The van der Waals surface area contributed by atoms with Crippen LogP contribution in [0.2, 0.25) is 0 Å². The van der Waals surface area contributed by atoms with Crippen molar-refractivity contribution in [2.75, 3.05) is 0 Å². The third kappa shape index (κ3) is 4.13. The summed E-state index contributed by atoms with van der Waals surface area (Å²) in [5, 5.41) is 12.9. The summed E-state index contributed by atoms with van der Waals surface area (Å²) >= 11 is 3.50. The van der Waals surface area contributed by atoms with Crippen molar-refractivity contribution in [2.24, 2.45) is 5.92 Å². The number of carbonyl (C=O) groups excluding carboxylic acids is 1. The summed E-state index contributed by atoms with van der Waals surface area (Å²) in [6, 6.07) is 7.09. The summed E-state index contributed by atoms with van der Waals surface area (Å²) in [5.74, 6) is -1.32. The van der Waals surface area contributed by atoms with E-state index in [1.54, 1.807) is 0 Å². The highest BCUT2D eigenvalue weighted by molar-refractivity contribution is 9.10. The van der Waals surface area contributed by atoms with Gasteiger partial charge in [0.15, 0.2) is 0 Å². The van der Waals surface area contributed by atoms with Crippen LogP contribution in [0.5, 0.6) is 0 Å². The van der Waals surface area contributed by atoms with Crippen LogP contribution in [0.4, 0.5) is 0 Å². The Labute approximate surface area is 143 Å². The van der Waals surface area contributed by atoms with Gasteiger partial charge in [0, 0.05) is 34.5 Å². The van der Waals surface area contributed by atoms with Gasteiger partial charge in [-0.2, -0.15) is 0 Å². The minimum Gasteiger partial charge on any atom is -0.480 e. The highest BCUT2D eigenvalue weighted by Crippen LogP contribution is 2.24. The molecule has 6 heteroatoms. The lowest BCUT2D eigenvalue weighted by atomic mass is 9.99. The molecule has 0 unspecified atom stereocenters. The molecular formula is C17H21BrN2O3. The molecule has 2 N–H and O–H groups in total. The van der Waals surface area contributed by atoms with Crippen molar-refractivity contribution in [2.45, 2.75) is 39.3 Å². The topological polar surface area (TPSA) is 71.3 Å². The van der Waals surface area contributed by atoms with Crippen molar-refractivity contribution in [3.05, 3.63) is 34.9 Å². The standard InChI is InChI=1S/C17H21BrN2O3/c1-3-11(2)16(17(22)23)19-15(21)8-10-20-9-7-12-13(18)5-4-6-14(12)20/h4-7,9,11,16H,3,8,10H2,1-2H3,(H,19,21)(H,22,23)/t11-,16+/m1/s1. The second-order valence-electron chi connectivity index (χ2n) is 5.70. The van der Waals surface area contributed by atoms with Crippen molar-refractivity contribution in [3.63, 3.8) is 0 Å². The van der Waals surface area contributed by atoms with Crippen LogP contribution in [-0.4, -0.2) is 27.6 Å². The molecule has 1 amide bonds. The average Bonchev–Trinajstić information content (AvgIpc) is 2.94. The molecule has 2 aromatic rings. The summed E-state index contributed by atoms with van der Waals surface area (Å²) in [6.07, 6.45) is 2.88. The number of nitrogens with zero attached hydrogens (tertiary/aromatic N) is 1. The molecule has 1 heterocycles. The number of aliphatic carboxylic acids is 1. The number of carboxylic acids is 1. The fourth-order valence-electron chi connectivity index (χ4n) is 2.53. The van der Waals surface area contributed by atoms with E-state index in [9.17, 15) is 14.7 Å². The Bertz CT molecular complexity index is 711.